The van der Waals surface area contributed by atoms with E-state index >= 15 is 0 Å². The van der Waals surface area contributed by atoms with E-state index in [1.54, 1.807) is 18.2 Å². The molecule has 2 amide bonds. The lowest BCUT2D eigenvalue weighted by molar-refractivity contribution is 0.0847. The summed E-state index contributed by atoms with van der Waals surface area (Å²) < 4.78 is 0. The summed E-state index contributed by atoms with van der Waals surface area (Å²) in [6.07, 6.45) is 0.910. The van der Waals surface area contributed by atoms with Crippen molar-refractivity contribution in [2.75, 3.05) is 11.4 Å². The van der Waals surface area contributed by atoms with E-state index in [0.29, 0.717) is 10.6 Å². The van der Waals surface area contributed by atoms with Crippen LogP contribution in [0.3, 0.4) is 0 Å². The van der Waals surface area contributed by atoms with Crippen molar-refractivity contribution in [1.82, 2.24) is 15.8 Å². The van der Waals surface area contributed by atoms with E-state index in [0.717, 1.165) is 35.4 Å². The molecule has 0 fully saturated rings. The molecule has 0 bridgehead atoms. The van der Waals surface area contributed by atoms with Gasteiger partial charge in [0.2, 0.25) is 0 Å². The van der Waals surface area contributed by atoms with E-state index in [-0.39, 0.29) is 10.6 Å². The quantitative estimate of drug-likeness (QED) is 0.365. The number of anilines is 2. The van der Waals surface area contributed by atoms with Crippen LogP contribution in [-0.4, -0.2) is 23.3 Å². The standard InChI is InChI=1S/C26H20Cl2N4O2/c1-15-2-3-17-13-18-10-11-32(24(18)29-23(17)12-15)20-7-4-16(5-8-20)25(33)30-31-26(34)21-9-6-19(27)14-22(21)28/h2-9,12-14H,10-11H2,1H3,(H,30,33)(H,31,34). The SMILES string of the molecule is Cc1ccc2cc3c(nc2c1)N(c1ccc(C(=O)NNC(=O)c2ccc(Cl)cc2Cl)cc1)CC3. The number of halogens is 2. The Bertz CT molecular complexity index is 1440. The molecule has 4 aromatic rings. The number of hydrazine groups is 1. The van der Waals surface area contributed by atoms with E-state index in [9.17, 15) is 9.59 Å². The molecule has 0 radical (unpaired) electrons. The maximum atomic E-state index is 12.5. The van der Waals surface area contributed by atoms with Crippen molar-refractivity contribution in [3.05, 3.63) is 99.0 Å². The zero-order valence-corrected chi connectivity index (χ0v) is 19.7. The monoisotopic (exact) mass is 490 g/mol. The first-order valence-electron chi connectivity index (χ1n) is 10.7. The highest BCUT2D eigenvalue weighted by Crippen LogP contribution is 2.35. The van der Waals surface area contributed by atoms with E-state index in [4.69, 9.17) is 28.2 Å². The van der Waals surface area contributed by atoms with Crippen molar-refractivity contribution in [1.29, 1.82) is 0 Å². The zero-order chi connectivity index (χ0) is 23.8. The Balaban J connectivity index is 1.29. The number of hydrogen-bond donors (Lipinski definition) is 2. The summed E-state index contributed by atoms with van der Waals surface area (Å²) in [5.41, 5.74) is 9.71. The zero-order valence-electron chi connectivity index (χ0n) is 18.2. The van der Waals surface area contributed by atoms with Crippen molar-refractivity contribution in [2.45, 2.75) is 13.3 Å². The van der Waals surface area contributed by atoms with Gasteiger partial charge < -0.3 is 4.90 Å². The number of aryl methyl sites for hydroxylation is 1. The average Bonchev–Trinajstić information content (AvgIpc) is 3.23. The molecule has 0 saturated heterocycles. The second kappa shape index (κ2) is 8.97. The van der Waals surface area contributed by atoms with Crippen LogP contribution in [0.2, 0.25) is 10.0 Å². The summed E-state index contributed by atoms with van der Waals surface area (Å²) in [6, 6.07) is 20.2. The number of aromatic nitrogens is 1. The van der Waals surface area contributed by atoms with E-state index < -0.39 is 11.8 Å². The van der Waals surface area contributed by atoms with E-state index in [1.165, 1.54) is 23.3 Å². The number of benzene rings is 3. The van der Waals surface area contributed by atoms with Crippen molar-refractivity contribution >= 4 is 57.4 Å². The Labute approximate surface area is 206 Å². The van der Waals surface area contributed by atoms with Gasteiger partial charge in [-0.25, -0.2) is 4.98 Å². The molecule has 5 rings (SSSR count). The first-order valence-corrected chi connectivity index (χ1v) is 11.5. The molecule has 0 unspecified atom stereocenters. The molecular weight excluding hydrogens is 471 g/mol. The Hall–Kier alpha value is -3.61. The third-order valence-electron chi connectivity index (χ3n) is 5.80. The average molecular weight is 491 g/mol. The van der Waals surface area contributed by atoms with Crippen molar-refractivity contribution in [3.63, 3.8) is 0 Å². The molecule has 2 N–H and O–H groups in total. The summed E-state index contributed by atoms with van der Waals surface area (Å²) >= 11 is 11.9. The maximum absolute atomic E-state index is 12.5. The van der Waals surface area contributed by atoms with Crippen molar-refractivity contribution < 1.29 is 9.59 Å². The highest BCUT2D eigenvalue weighted by molar-refractivity contribution is 6.36. The lowest BCUT2D eigenvalue weighted by atomic mass is 10.1. The summed E-state index contributed by atoms with van der Waals surface area (Å²) in [6.45, 7) is 2.88. The summed E-state index contributed by atoms with van der Waals surface area (Å²) in [5, 5.41) is 1.76. The first kappa shape index (κ1) is 22.2. The predicted molar refractivity (Wildman–Crippen MR) is 135 cm³/mol. The summed E-state index contributed by atoms with van der Waals surface area (Å²) in [4.78, 5) is 31.9. The van der Waals surface area contributed by atoms with E-state index in [1.807, 2.05) is 12.1 Å². The normalized spacial score (nSPS) is 12.5. The number of amides is 2. The molecule has 2 heterocycles. The number of fused-ring (bicyclic) bond motifs is 2. The number of nitrogens with zero attached hydrogens (tertiary/aromatic N) is 2. The fourth-order valence-corrected chi connectivity index (χ4v) is 4.53. The second-order valence-electron chi connectivity index (χ2n) is 8.15. The number of hydrogen-bond acceptors (Lipinski definition) is 4. The minimum atomic E-state index is -0.533. The van der Waals surface area contributed by atoms with Crippen LogP contribution in [0.4, 0.5) is 11.5 Å². The number of carbonyl (C=O) groups is 2. The number of nitrogens with one attached hydrogen (secondary N) is 2. The van der Waals surface area contributed by atoms with Gasteiger partial charge in [-0.15, -0.1) is 0 Å². The van der Waals surface area contributed by atoms with Crippen molar-refractivity contribution in [3.8, 4) is 0 Å². The number of carbonyl (C=O) groups excluding carboxylic acids is 2. The Morgan fingerprint density at radius 3 is 2.44 bits per heavy atom. The van der Waals surface area contributed by atoms with Gasteiger partial charge in [-0.2, -0.15) is 0 Å². The van der Waals surface area contributed by atoms with Gasteiger partial charge in [-0.1, -0.05) is 35.3 Å². The third kappa shape index (κ3) is 4.30. The van der Waals surface area contributed by atoms with Gasteiger partial charge in [0.25, 0.3) is 11.8 Å². The largest absolute Gasteiger partial charge is 0.326 e. The molecule has 1 aromatic heterocycles. The number of rotatable bonds is 3. The van der Waals surface area contributed by atoms with Crippen LogP contribution >= 0.6 is 23.2 Å². The van der Waals surface area contributed by atoms with Crippen LogP contribution in [0.1, 0.15) is 31.8 Å². The number of pyridine rings is 1. The molecule has 34 heavy (non-hydrogen) atoms. The molecule has 0 aliphatic carbocycles. The molecule has 0 atom stereocenters. The molecular formula is C26H20Cl2N4O2. The molecule has 0 saturated carbocycles. The minimum absolute atomic E-state index is 0.200. The van der Waals surface area contributed by atoms with Crippen LogP contribution in [0, 0.1) is 6.92 Å². The molecule has 1 aliphatic rings. The first-order chi connectivity index (χ1) is 16.4. The molecule has 0 spiro atoms. The van der Waals surface area contributed by atoms with Gasteiger partial charge in [0.1, 0.15) is 5.82 Å². The van der Waals surface area contributed by atoms with Gasteiger partial charge in [-0.3, -0.25) is 20.4 Å². The highest BCUT2D eigenvalue weighted by atomic mass is 35.5. The Morgan fingerprint density at radius 1 is 0.912 bits per heavy atom. The van der Waals surface area contributed by atoms with Gasteiger partial charge in [-0.05, 0) is 79.1 Å². The fraction of sp³-hybridized carbons (Fsp3) is 0.115. The smallest absolute Gasteiger partial charge is 0.271 e. The Kier molecular flexibility index (Phi) is 5.86. The van der Waals surface area contributed by atoms with Gasteiger partial charge >= 0.3 is 0 Å². The van der Waals surface area contributed by atoms with Gasteiger partial charge in [0, 0.05) is 28.2 Å². The van der Waals surface area contributed by atoms with Crippen LogP contribution in [0.5, 0.6) is 0 Å². The minimum Gasteiger partial charge on any atom is -0.326 e. The highest BCUT2D eigenvalue weighted by Gasteiger charge is 2.23. The van der Waals surface area contributed by atoms with Crippen molar-refractivity contribution in [2.24, 2.45) is 0 Å². The van der Waals surface area contributed by atoms with E-state index in [2.05, 4.69) is 46.9 Å². The summed E-state index contributed by atoms with van der Waals surface area (Å²) in [5.74, 6) is -0.0253. The lowest BCUT2D eigenvalue weighted by Gasteiger charge is -2.19. The molecule has 170 valence electrons. The Morgan fingerprint density at radius 2 is 1.68 bits per heavy atom. The van der Waals surface area contributed by atoms with Gasteiger partial charge in [0.05, 0.1) is 16.1 Å². The molecule has 1 aliphatic heterocycles. The third-order valence-corrected chi connectivity index (χ3v) is 6.34. The van der Waals surface area contributed by atoms with Gasteiger partial charge in [0.15, 0.2) is 0 Å². The molecule has 3 aromatic carbocycles. The second-order valence-corrected chi connectivity index (χ2v) is 8.99. The maximum Gasteiger partial charge on any atom is 0.271 e. The lowest BCUT2D eigenvalue weighted by Crippen LogP contribution is -2.41. The van der Waals surface area contributed by atoms with Crippen LogP contribution in [0.25, 0.3) is 10.9 Å². The topological polar surface area (TPSA) is 74.3 Å². The van der Waals surface area contributed by atoms with Crippen LogP contribution in [-0.2, 0) is 6.42 Å². The summed E-state index contributed by atoms with van der Waals surface area (Å²) in [7, 11) is 0. The predicted octanol–water partition coefficient (Wildman–Crippen LogP) is 5.62. The van der Waals surface area contributed by atoms with Crippen LogP contribution < -0.4 is 15.8 Å². The van der Waals surface area contributed by atoms with Crippen LogP contribution in [0.15, 0.2) is 66.7 Å². The fourth-order valence-electron chi connectivity index (χ4n) is 4.04. The molecule has 6 nitrogen and oxygen atoms in total. The molecule has 8 heteroatoms.